The largest absolute Gasteiger partial charge is 0.507 e. The topological polar surface area (TPSA) is 118 Å². The molecule has 9 nitrogen and oxygen atoms in total. The summed E-state index contributed by atoms with van der Waals surface area (Å²) >= 11 is 3.38. The van der Waals surface area contributed by atoms with Gasteiger partial charge in [-0.1, -0.05) is 22.0 Å². The summed E-state index contributed by atoms with van der Waals surface area (Å²) in [5.41, 5.74) is 1.87. The SMILES string of the molecule is Cc1nc2nc(Oc3cccc(C(=O)N(C)C)c3)[nH+]c(Oc3cc(Br)cc(C#N)c3)c2[nH]1. The molecule has 0 unspecified atom stereocenters. The summed E-state index contributed by atoms with van der Waals surface area (Å²) in [7, 11) is 3.37. The molecule has 0 saturated heterocycles. The van der Waals surface area contributed by atoms with E-state index in [0.717, 1.165) is 0 Å². The van der Waals surface area contributed by atoms with Gasteiger partial charge in [0.25, 0.3) is 5.91 Å². The number of carbonyl (C=O) groups is 1. The summed E-state index contributed by atoms with van der Waals surface area (Å²) in [5.74, 6) is 1.68. The van der Waals surface area contributed by atoms with E-state index in [4.69, 9.17) is 9.47 Å². The van der Waals surface area contributed by atoms with E-state index in [1.54, 1.807) is 63.5 Å². The predicted octanol–water partition coefficient (Wildman–Crippen LogP) is 4.00. The van der Waals surface area contributed by atoms with Gasteiger partial charge in [-0.3, -0.25) is 4.79 Å². The van der Waals surface area contributed by atoms with Gasteiger partial charge in [0.1, 0.15) is 17.3 Å². The lowest BCUT2D eigenvalue weighted by Crippen LogP contribution is -2.21. The lowest BCUT2D eigenvalue weighted by Gasteiger charge is -2.10. The van der Waals surface area contributed by atoms with Gasteiger partial charge in [0.15, 0.2) is 5.52 Å². The Labute approximate surface area is 191 Å². The van der Waals surface area contributed by atoms with Crippen LogP contribution in [0, 0.1) is 18.3 Å². The number of rotatable bonds is 5. The van der Waals surface area contributed by atoms with Gasteiger partial charge in [0.2, 0.25) is 0 Å². The van der Waals surface area contributed by atoms with E-state index in [1.807, 2.05) is 0 Å². The number of fused-ring (bicyclic) bond motifs is 1. The smallest absolute Gasteiger partial charge is 0.421 e. The number of imidazole rings is 1. The molecule has 32 heavy (non-hydrogen) atoms. The van der Waals surface area contributed by atoms with Crippen molar-refractivity contribution in [1.29, 1.82) is 5.26 Å². The zero-order valence-electron chi connectivity index (χ0n) is 17.4. The highest BCUT2D eigenvalue weighted by Crippen LogP contribution is 2.29. The number of nitrogens with zero attached hydrogens (tertiary/aromatic N) is 4. The molecule has 2 heterocycles. The van der Waals surface area contributed by atoms with Crippen LogP contribution >= 0.6 is 15.9 Å². The second-order valence-electron chi connectivity index (χ2n) is 7.11. The number of aromatic amines is 2. The number of ether oxygens (including phenoxy) is 2. The monoisotopic (exact) mass is 493 g/mol. The summed E-state index contributed by atoms with van der Waals surface area (Å²) in [5, 5.41) is 9.22. The first-order valence-corrected chi connectivity index (χ1v) is 10.3. The van der Waals surface area contributed by atoms with Crippen LogP contribution < -0.4 is 14.5 Å². The molecule has 0 aliphatic heterocycles. The van der Waals surface area contributed by atoms with Crippen LogP contribution in [0.1, 0.15) is 21.7 Å². The van der Waals surface area contributed by atoms with Crippen LogP contribution in [-0.4, -0.2) is 39.9 Å². The van der Waals surface area contributed by atoms with Crippen molar-refractivity contribution >= 4 is 33.0 Å². The molecule has 4 rings (SSSR count). The quantitative estimate of drug-likeness (QED) is 0.448. The molecule has 0 atom stereocenters. The minimum absolute atomic E-state index is 0.129. The van der Waals surface area contributed by atoms with Crippen molar-refractivity contribution in [2.75, 3.05) is 14.1 Å². The van der Waals surface area contributed by atoms with Crippen molar-refractivity contribution in [1.82, 2.24) is 19.9 Å². The maximum atomic E-state index is 12.2. The zero-order valence-corrected chi connectivity index (χ0v) is 19.0. The molecule has 0 fully saturated rings. The second kappa shape index (κ2) is 8.64. The van der Waals surface area contributed by atoms with Crippen molar-refractivity contribution in [3.63, 3.8) is 0 Å². The van der Waals surface area contributed by atoms with Gasteiger partial charge in [-0.05, 0) is 43.3 Å². The Morgan fingerprint density at radius 3 is 2.72 bits per heavy atom. The van der Waals surface area contributed by atoms with Gasteiger partial charge in [-0.25, -0.2) is 0 Å². The van der Waals surface area contributed by atoms with Crippen LogP contribution in [0.4, 0.5) is 0 Å². The van der Waals surface area contributed by atoms with Crippen LogP contribution in [0.5, 0.6) is 23.4 Å². The maximum Gasteiger partial charge on any atom is 0.507 e. The number of carbonyl (C=O) groups excluding carboxylic acids is 1. The van der Waals surface area contributed by atoms with Gasteiger partial charge in [0, 0.05) is 29.1 Å². The van der Waals surface area contributed by atoms with E-state index < -0.39 is 0 Å². The fraction of sp³-hybridized carbons (Fsp3) is 0.136. The molecule has 160 valence electrons. The first kappa shape index (κ1) is 21.3. The van der Waals surface area contributed by atoms with Crippen LogP contribution in [0.25, 0.3) is 11.2 Å². The highest BCUT2D eigenvalue weighted by molar-refractivity contribution is 9.10. The first-order chi connectivity index (χ1) is 15.3. The molecule has 0 aliphatic carbocycles. The van der Waals surface area contributed by atoms with Crippen LogP contribution in [0.15, 0.2) is 46.9 Å². The molecule has 1 amide bonds. The Bertz CT molecular complexity index is 1380. The Balaban J connectivity index is 1.72. The van der Waals surface area contributed by atoms with Gasteiger partial charge in [-0.2, -0.15) is 15.2 Å². The number of aryl methyl sites for hydroxylation is 1. The predicted molar refractivity (Wildman–Crippen MR) is 119 cm³/mol. The van der Waals surface area contributed by atoms with Crippen LogP contribution in [0.2, 0.25) is 0 Å². The number of aromatic nitrogens is 4. The van der Waals surface area contributed by atoms with E-state index in [1.165, 1.54) is 4.90 Å². The molecule has 2 N–H and O–H groups in total. The van der Waals surface area contributed by atoms with Crippen LogP contribution in [0.3, 0.4) is 0 Å². The van der Waals surface area contributed by atoms with Gasteiger partial charge in [-0.15, -0.1) is 0 Å². The third kappa shape index (κ3) is 4.53. The Morgan fingerprint density at radius 2 is 1.97 bits per heavy atom. The molecule has 2 aromatic carbocycles. The third-order valence-electron chi connectivity index (χ3n) is 4.38. The second-order valence-corrected chi connectivity index (χ2v) is 8.03. The normalized spacial score (nSPS) is 10.6. The van der Waals surface area contributed by atoms with Gasteiger partial charge >= 0.3 is 17.5 Å². The van der Waals surface area contributed by atoms with E-state index in [0.29, 0.717) is 50.0 Å². The average Bonchev–Trinajstić information content (AvgIpc) is 3.13. The Hall–Kier alpha value is -3.97. The zero-order chi connectivity index (χ0) is 22.8. The molecular formula is C22H18BrN6O3+. The number of amides is 1. The number of nitrogens with one attached hydrogen (secondary N) is 2. The number of benzene rings is 2. The number of hydrogen-bond acceptors (Lipinski definition) is 6. The lowest BCUT2D eigenvalue weighted by atomic mass is 10.2. The van der Waals surface area contributed by atoms with Gasteiger partial charge < -0.3 is 19.4 Å². The minimum Gasteiger partial charge on any atom is -0.421 e. The third-order valence-corrected chi connectivity index (χ3v) is 4.84. The highest BCUT2D eigenvalue weighted by Gasteiger charge is 2.23. The van der Waals surface area contributed by atoms with E-state index in [9.17, 15) is 10.1 Å². The van der Waals surface area contributed by atoms with Crippen molar-refractivity contribution in [3.05, 3.63) is 63.9 Å². The van der Waals surface area contributed by atoms with E-state index in [-0.39, 0.29) is 11.9 Å². The number of hydrogen-bond donors (Lipinski definition) is 1. The van der Waals surface area contributed by atoms with Crippen molar-refractivity contribution < 1.29 is 19.3 Å². The summed E-state index contributed by atoms with van der Waals surface area (Å²) in [6, 6.07) is 14.1. The average molecular weight is 494 g/mol. The molecule has 0 aliphatic rings. The molecule has 0 bridgehead atoms. The molecule has 2 aromatic heterocycles. The fourth-order valence-electron chi connectivity index (χ4n) is 2.99. The van der Waals surface area contributed by atoms with E-state index >= 15 is 0 Å². The maximum absolute atomic E-state index is 12.2. The summed E-state index contributed by atoms with van der Waals surface area (Å²) in [4.78, 5) is 28.6. The molecule has 0 radical (unpaired) electrons. The molecule has 0 spiro atoms. The Kier molecular flexibility index (Phi) is 5.75. The highest BCUT2D eigenvalue weighted by atomic mass is 79.9. The van der Waals surface area contributed by atoms with Crippen molar-refractivity contribution in [2.45, 2.75) is 6.92 Å². The number of halogens is 1. The lowest BCUT2D eigenvalue weighted by molar-refractivity contribution is -0.405. The number of nitriles is 1. The standard InChI is InChI=1S/C22H17BrN6O3/c1-12-25-18-19(26-12)27-22(32-16-6-4-5-14(9-16)21(30)29(2)3)28-20(18)31-17-8-13(11-24)7-15(23)10-17/h4-10H,1-3H3,(H,25,26,27,28)/p+1. The summed E-state index contributed by atoms with van der Waals surface area (Å²) < 4.78 is 12.6. The van der Waals surface area contributed by atoms with Crippen LogP contribution in [-0.2, 0) is 0 Å². The Morgan fingerprint density at radius 1 is 1.16 bits per heavy atom. The molecular weight excluding hydrogens is 476 g/mol. The molecule has 10 heteroatoms. The van der Waals surface area contributed by atoms with Gasteiger partial charge in [0.05, 0.1) is 11.6 Å². The minimum atomic E-state index is -0.141. The first-order valence-electron chi connectivity index (χ1n) is 9.50. The molecule has 4 aromatic rings. The summed E-state index contributed by atoms with van der Waals surface area (Å²) in [6.07, 6.45) is 0. The van der Waals surface area contributed by atoms with Crippen molar-refractivity contribution in [2.24, 2.45) is 0 Å². The molecule has 0 saturated carbocycles. The van der Waals surface area contributed by atoms with Crippen molar-refractivity contribution in [3.8, 4) is 29.5 Å². The van der Waals surface area contributed by atoms with E-state index in [2.05, 4.69) is 41.9 Å². The number of H-pyrrole nitrogens is 2. The summed E-state index contributed by atoms with van der Waals surface area (Å²) in [6.45, 7) is 1.80. The fourth-order valence-corrected chi connectivity index (χ4v) is 3.47.